The lowest BCUT2D eigenvalue weighted by Crippen LogP contribution is -2.42. The molecular weight excluding hydrogens is 390 g/mol. The molecule has 0 spiro atoms. The Morgan fingerprint density at radius 1 is 1.21 bits per heavy atom. The van der Waals surface area contributed by atoms with Crippen molar-refractivity contribution in [1.29, 1.82) is 0 Å². The number of amides is 1. The number of anilines is 2. The lowest BCUT2D eigenvalue weighted by molar-refractivity contribution is -0.118. The molecular formula is C20H29N3O3SSi. The van der Waals surface area contributed by atoms with Gasteiger partial charge in [-0.25, -0.2) is 4.98 Å². The van der Waals surface area contributed by atoms with Crippen LogP contribution in [0.15, 0.2) is 41.4 Å². The smallest absolute Gasteiger partial charge is 0.250 e. The van der Waals surface area contributed by atoms with Gasteiger partial charge in [0, 0.05) is 22.8 Å². The highest BCUT2D eigenvalue weighted by Gasteiger charge is 2.37. The first-order chi connectivity index (χ1) is 13.0. The van der Waals surface area contributed by atoms with E-state index in [1.807, 2.05) is 18.4 Å². The van der Waals surface area contributed by atoms with Gasteiger partial charge in [-0.05, 0) is 48.7 Å². The fourth-order valence-electron chi connectivity index (χ4n) is 2.08. The molecule has 3 N–H and O–H groups in total. The average molecular weight is 420 g/mol. The molecule has 152 valence electrons. The molecule has 0 aliphatic heterocycles. The molecule has 0 aliphatic carbocycles. The Balaban J connectivity index is 2.00. The molecule has 2 rings (SSSR count). The monoisotopic (exact) mass is 419 g/mol. The van der Waals surface area contributed by atoms with E-state index in [1.165, 1.54) is 0 Å². The molecule has 0 saturated carbocycles. The third-order valence-electron chi connectivity index (χ3n) is 4.81. The van der Waals surface area contributed by atoms with Crippen LogP contribution >= 0.6 is 11.8 Å². The van der Waals surface area contributed by atoms with E-state index in [0.717, 1.165) is 4.90 Å². The zero-order chi connectivity index (χ0) is 20.9. The lowest BCUT2D eigenvalue weighted by Gasteiger charge is -2.35. The number of nitrogens with one attached hydrogen (secondary N) is 1. The number of thioether (sulfide) groups is 1. The van der Waals surface area contributed by atoms with Gasteiger partial charge in [0.1, 0.15) is 23.9 Å². The minimum absolute atomic E-state index is 0.0122. The molecule has 1 aromatic carbocycles. The molecule has 0 atom stereocenters. The molecule has 0 radical (unpaired) electrons. The Labute approximate surface area is 172 Å². The average Bonchev–Trinajstić information content (AvgIpc) is 2.61. The second kappa shape index (κ2) is 8.98. The first kappa shape index (κ1) is 22.3. The maximum absolute atomic E-state index is 12.3. The predicted octanol–water partition coefficient (Wildman–Crippen LogP) is 5.14. The van der Waals surface area contributed by atoms with Crippen LogP contribution in [0, 0.1) is 0 Å². The van der Waals surface area contributed by atoms with Crippen molar-refractivity contribution in [2.75, 3.05) is 23.9 Å². The van der Waals surface area contributed by atoms with Crippen LogP contribution in [0.4, 0.5) is 11.5 Å². The number of ether oxygens (including phenoxy) is 1. The molecule has 1 heterocycles. The summed E-state index contributed by atoms with van der Waals surface area (Å²) in [7, 11) is -1.98. The van der Waals surface area contributed by atoms with E-state index in [0.29, 0.717) is 23.0 Å². The van der Waals surface area contributed by atoms with Crippen molar-refractivity contribution in [2.24, 2.45) is 0 Å². The minimum atomic E-state index is -1.98. The Morgan fingerprint density at radius 2 is 1.89 bits per heavy atom. The van der Waals surface area contributed by atoms with Gasteiger partial charge in [0.2, 0.25) is 5.91 Å². The van der Waals surface area contributed by atoms with Gasteiger partial charge in [-0.1, -0.05) is 20.8 Å². The van der Waals surface area contributed by atoms with Crippen molar-refractivity contribution in [3.8, 4) is 11.5 Å². The number of carbonyl (C=O) groups is 1. The summed E-state index contributed by atoms with van der Waals surface area (Å²) < 4.78 is 11.8. The van der Waals surface area contributed by atoms with Crippen molar-refractivity contribution >= 4 is 37.5 Å². The number of pyridine rings is 1. The number of hydrogen-bond donors (Lipinski definition) is 2. The van der Waals surface area contributed by atoms with E-state index in [-0.39, 0.29) is 17.6 Å². The standard InChI is InChI=1S/C20H29N3O3SSi/c1-20(2,3)28(5,6)25-13-19(24)23-18-12-15(9-10-22-18)26-14-7-8-16(21)17(11-14)27-4/h7-12H,13,21H2,1-6H3,(H,22,23,24). The number of nitrogens with zero attached hydrogens (tertiary/aromatic N) is 1. The maximum atomic E-state index is 12.3. The van der Waals surface area contributed by atoms with Crippen LogP contribution in [-0.2, 0) is 9.22 Å². The topological polar surface area (TPSA) is 86.5 Å². The highest BCUT2D eigenvalue weighted by Crippen LogP contribution is 2.36. The van der Waals surface area contributed by atoms with E-state index < -0.39 is 8.32 Å². The SMILES string of the molecule is CSc1cc(Oc2ccnc(NC(=O)CO[Si](C)(C)C(C)(C)C)c2)ccc1N. The second-order valence-electron chi connectivity index (χ2n) is 7.98. The zero-order valence-corrected chi connectivity index (χ0v) is 19.1. The second-order valence-corrected chi connectivity index (χ2v) is 13.6. The summed E-state index contributed by atoms with van der Waals surface area (Å²) in [5.74, 6) is 1.43. The van der Waals surface area contributed by atoms with Crippen LogP contribution in [0.2, 0.25) is 18.1 Å². The van der Waals surface area contributed by atoms with E-state index in [2.05, 4.69) is 44.2 Å². The highest BCUT2D eigenvalue weighted by molar-refractivity contribution is 7.98. The Hall–Kier alpha value is -2.03. The van der Waals surface area contributed by atoms with Crippen LogP contribution in [0.1, 0.15) is 20.8 Å². The summed E-state index contributed by atoms with van der Waals surface area (Å²) in [5.41, 5.74) is 6.63. The van der Waals surface area contributed by atoms with Crippen molar-refractivity contribution in [3.63, 3.8) is 0 Å². The summed E-state index contributed by atoms with van der Waals surface area (Å²) >= 11 is 1.56. The van der Waals surface area contributed by atoms with Crippen molar-refractivity contribution in [2.45, 2.75) is 43.8 Å². The van der Waals surface area contributed by atoms with E-state index in [4.69, 9.17) is 14.9 Å². The maximum Gasteiger partial charge on any atom is 0.250 e. The molecule has 0 unspecified atom stereocenters. The van der Waals surface area contributed by atoms with E-state index >= 15 is 0 Å². The van der Waals surface area contributed by atoms with Crippen molar-refractivity contribution < 1.29 is 14.0 Å². The van der Waals surface area contributed by atoms with Crippen LogP contribution in [0.25, 0.3) is 0 Å². The number of nitrogen functional groups attached to an aromatic ring is 1. The fourth-order valence-corrected chi connectivity index (χ4v) is 3.54. The molecule has 8 heteroatoms. The van der Waals surface area contributed by atoms with Gasteiger partial charge < -0.3 is 20.2 Å². The fraction of sp³-hybridized carbons (Fsp3) is 0.400. The van der Waals surface area contributed by atoms with Gasteiger partial charge in [-0.3, -0.25) is 4.79 Å². The summed E-state index contributed by atoms with van der Waals surface area (Å²) in [6, 6.07) is 8.91. The first-order valence-electron chi connectivity index (χ1n) is 9.03. The summed E-state index contributed by atoms with van der Waals surface area (Å²) in [5, 5.41) is 2.82. The van der Waals surface area contributed by atoms with Gasteiger partial charge in [-0.2, -0.15) is 0 Å². The molecule has 2 aromatic rings. The van der Waals surface area contributed by atoms with Crippen LogP contribution in [-0.4, -0.2) is 32.1 Å². The minimum Gasteiger partial charge on any atom is -0.457 e. The lowest BCUT2D eigenvalue weighted by atomic mass is 10.2. The van der Waals surface area contributed by atoms with Crippen molar-refractivity contribution in [1.82, 2.24) is 4.98 Å². The third-order valence-corrected chi connectivity index (χ3v) is 10.1. The van der Waals surface area contributed by atoms with E-state index in [9.17, 15) is 4.79 Å². The van der Waals surface area contributed by atoms with Gasteiger partial charge in [0.05, 0.1) is 0 Å². The molecule has 0 saturated heterocycles. The summed E-state index contributed by atoms with van der Waals surface area (Å²) in [6.45, 7) is 10.7. The van der Waals surface area contributed by atoms with Crippen molar-refractivity contribution in [3.05, 3.63) is 36.5 Å². The summed E-state index contributed by atoms with van der Waals surface area (Å²) in [4.78, 5) is 17.4. The Bertz CT molecular complexity index is 838. The molecule has 6 nitrogen and oxygen atoms in total. The van der Waals surface area contributed by atoms with Gasteiger partial charge in [0.15, 0.2) is 8.32 Å². The van der Waals surface area contributed by atoms with E-state index in [1.54, 1.807) is 36.2 Å². The largest absolute Gasteiger partial charge is 0.457 e. The Kier molecular flexibility index (Phi) is 7.14. The Morgan fingerprint density at radius 3 is 2.54 bits per heavy atom. The van der Waals surface area contributed by atoms with Gasteiger partial charge >= 0.3 is 0 Å². The van der Waals surface area contributed by atoms with Crippen LogP contribution in [0.5, 0.6) is 11.5 Å². The third kappa shape index (κ3) is 5.98. The first-order valence-corrected chi connectivity index (χ1v) is 13.2. The van der Waals surface area contributed by atoms with Crippen LogP contribution < -0.4 is 15.8 Å². The molecule has 0 fully saturated rings. The number of aromatic nitrogens is 1. The number of rotatable bonds is 7. The molecule has 1 amide bonds. The number of hydrogen-bond acceptors (Lipinski definition) is 6. The molecule has 0 aliphatic rings. The number of carbonyl (C=O) groups excluding carboxylic acids is 1. The zero-order valence-electron chi connectivity index (χ0n) is 17.3. The normalized spacial score (nSPS) is 11.9. The predicted molar refractivity (Wildman–Crippen MR) is 119 cm³/mol. The van der Waals surface area contributed by atoms with Gasteiger partial charge in [0.25, 0.3) is 0 Å². The number of nitrogens with two attached hydrogens (primary N) is 1. The molecule has 28 heavy (non-hydrogen) atoms. The van der Waals surface area contributed by atoms with Gasteiger partial charge in [-0.15, -0.1) is 11.8 Å². The summed E-state index contributed by atoms with van der Waals surface area (Å²) in [6.07, 6.45) is 3.55. The number of benzene rings is 1. The highest BCUT2D eigenvalue weighted by atomic mass is 32.2. The quantitative estimate of drug-likeness (QED) is 0.367. The van der Waals surface area contributed by atoms with Crippen LogP contribution in [0.3, 0.4) is 0 Å². The molecule has 1 aromatic heterocycles. The molecule has 0 bridgehead atoms.